The molecule has 1 amide bonds. The van der Waals surface area contributed by atoms with E-state index < -0.39 is 0 Å². The number of para-hydroxylation sites is 1. The number of amides is 1. The lowest BCUT2D eigenvalue weighted by Gasteiger charge is -2.28. The first kappa shape index (κ1) is 18.0. The van der Waals surface area contributed by atoms with Gasteiger partial charge in [0, 0.05) is 25.2 Å². The maximum Gasteiger partial charge on any atom is 0.274 e. The van der Waals surface area contributed by atoms with E-state index in [0.29, 0.717) is 31.1 Å². The molecule has 0 aliphatic carbocycles. The van der Waals surface area contributed by atoms with Crippen LogP contribution in [-0.4, -0.2) is 34.7 Å². The third-order valence-electron chi connectivity index (χ3n) is 4.95. The molecule has 1 aliphatic rings. The van der Waals surface area contributed by atoms with E-state index in [0.717, 1.165) is 17.7 Å². The van der Waals surface area contributed by atoms with E-state index in [4.69, 9.17) is 4.74 Å². The molecule has 0 spiro atoms. The number of nitrogens with zero attached hydrogens (tertiary/aromatic N) is 3. The molecule has 0 unspecified atom stereocenters. The van der Waals surface area contributed by atoms with Crippen LogP contribution in [0, 0.1) is 0 Å². The molecular weight excluding hydrogens is 352 g/mol. The Hall–Kier alpha value is -3.41. The van der Waals surface area contributed by atoms with Crippen LogP contribution in [0.15, 0.2) is 60.7 Å². The number of aromatic nitrogens is 2. The molecule has 0 saturated carbocycles. The summed E-state index contributed by atoms with van der Waals surface area (Å²) in [7, 11) is 1.65. The van der Waals surface area contributed by atoms with Crippen molar-refractivity contribution in [2.75, 3.05) is 19.0 Å². The molecule has 6 heteroatoms. The Kier molecular flexibility index (Phi) is 5.19. The number of ether oxygens (including phenoxy) is 1. The molecule has 3 aromatic rings. The molecule has 28 heavy (non-hydrogen) atoms. The van der Waals surface area contributed by atoms with Crippen LogP contribution in [0.4, 0.5) is 5.82 Å². The summed E-state index contributed by atoms with van der Waals surface area (Å²) in [5.41, 5.74) is 3.90. The van der Waals surface area contributed by atoms with Crippen molar-refractivity contribution in [2.45, 2.75) is 19.5 Å². The SMILES string of the molecule is COc1ccccc1CNc1ccc(C(=O)N2CCc3ccccc3C2)nn1. The third-order valence-corrected chi connectivity index (χ3v) is 4.95. The van der Waals surface area contributed by atoms with Crippen LogP contribution in [0.3, 0.4) is 0 Å². The monoisotopic (exact) mass is 374 g/mol. The minimum absolute atomic E-state index is 0.0849. The number of methoxy groups -OCH3 is 1. The zero-order valence-corrected chi connectivity index (χ0v) is 15.8. The minimum Gasteiger partial charge on any atom is -0.496 e. The number of nitrogens with one attached hydrogen (secondary N) is 1. The molecule has 142 valence electrons. The molecule has 0 atom stereocenters. The summed E-state index contributed by atoms with van der Waals surface area (Å²) in [5.74, 6) is 1.35. The number of hydrogen-bond acceptors (Lipinski definition) is 5. The number of carbonyl (C=O) groups is 1. The molecule has 2 aromatic carbocycles. The molecule has 1 aromatic heterocycles. The standard InChI is InChI=1S/C22H22N4O2/c1-28-20-9-5-4-7-17(20)14-23-21-11-10-19(24-25-21)22(27)26-13-12-16-6-2-3-8-18(16)15-26/h2-11H,12-15H2,1H3,(H,23,25). The molecule has 2 heterocycles. The Labute approximate surface area is 164 Å². The van der Waals surface area contributed by atoms with E-state index in [-0.39, 0.29) is 5.91 Å². The summed E-state index contributed by atoms with van der Waals surface area (Å²) in [6.07, 6.45) is 0.869. The van der Waals surface area contributed by atoms with E-state index in [1.54, 1.807) is 19.2 Å². The topological polar surface area (TPSA) is 67.3 Å². The van der Waals surface area contributed by atoms with Gasteiger partial charge in [-0.25, -0.2) is 0 Å². The highest BCUT2D eigenvalue weighted by molar-refractivity contribution is 5.92. The first-order valence-corrected chi connectivity index (χ1v) is 9.30. The van der Waals surface area contributed by atoms with Crippen molar-refractivity contribution in [3.8, 4) is 5.75 Å². The van der Waals surface area contributed by atoms with Crippen molar-refractivity contribution in [2.24, 2.45) is 0 Å². The highest BCUT2D eigenvalue weighted by Crippen LogP contribution is 2.21. The fraction of sp³-hybridized carbons (Fsp3) is 0.227. The normalized spacial score (nSPS) is 13.0. The minimum atomic E-state index is -0.0849. The van der Waals surface area contributed by atoms with Crippen LogP contribution < -0.4 is 10.1 Å². The second-order valence-corrected chi connectivity index (χ2v) is 6.71. The van der Waals surface area contributed by atoms with E-state index in [1.807, 2.05) is 41.3 Å². The second-order valence-electron chi connectivity index (χ2n) is 6.71. The zero-order valence-electron chi connectivity index (χ0n) is 15.8. The molecule has 4 rings (SSSR count). The molecule has 6 nitrogen and oxygen atoms in total. The van der Waals surface area contributed by atoms with Gasteiger partial charge in [-0.05, 0) is 35.7 Å². The number of fused-ring (bicyclic) bond motifs is 1. The van der Waals surface area contributed by atoms with E-state index in [1.165, 1.54) is 11.1 Å². The second kappa shape index (κ2) is 8.08. The number of benzene rings is 2. The molecule has 1 aliphatic heterocycles. The lowest BCUT2D eigenvalue weighted by molar-refractivity contribution is 0.0727. The van der Waals surface area contributed by atoms with Crippen LogP contribution in [-0.2, 0) is 19.5 Å². The summed E-state index contributed by atoms with van der Waals surface area (Å²) in [6, 6.07) is 19.6. The van der Waals surface area contributed by atoms with Gasteiger partial charge >= 0.3 is 0 Å². The largest absolute Gasteiger partial charge is 0.496 e. The van der Waals surface area contributed by atoms with Crippen LogP contribution in [0.2, 0.25) is 0 Å². The molecule has 0 radical (unpaired) electrons. The van der Waals surface area contributed by atoms with Gasteiger partial charge in [-0.1, -0.05) is 42.5 Å². The van der Waals surface area contributed by atoms with E-state index >= 15 is 0 Å². The molecule has 0 fully saturated rings. The molecule has 0 saturated heterocycles. The number of anilines is 1. The van der Waals surface area contributed by atoms with E-state index in [9.17, 15) is 4.79 Å². The van der Waals surface area contributed by atoms with Crippen molar-refractivity contribution >= 4 is 11.7 Å². The number of carbonyl (C=O) groups excluding carboxylic acids is 1. The Balaban J connectivity index is 1.40. The fourth-order valence-electron chi connectivity index (χ4n) is 3.41. The Bertz CT molecular complexity index is 972. The van der Waals surface area contributed by atoms with E-state index in [2.05, 4.69) is 27.6 Å². The quantitative estimate of drug-likeness (QED) is 0.742. The number of rotatable bonds is 5. The predicted molar refractivity (Wildman–Crippen MR) is 107 cm³/mol. The summed E-state index contributed by atoms with van der Waals surface area (Å²) < 4.78 is 5.35. The van der Waals surface area contributed by atoms with Gasteiger partial charge in [-0.3, -0.25) is 4.79 Å². The van der Waals surface area contributed by atoms with Gasteiger partial charge in [0.25, 0.3) is 5.91 Å². The smallest absolute Gasteiger partial charge is 0.274 e. The maximum absolute atomic E-state index is 12.8. The molecule has 1 N–H and O–H groups in total. The van der Waals surface area contributed by atoms with Crippen molar-refractivity contribution in [1.29, 1.82) is 0 Å². The fourth-order valence-corrected chi connectivity index (χ4v) is 3.41. The van der Waals surface area contributed by atoms with Crippen molar-refractivity contribution in [3.05, 3.63) is 83.0 Å². The van der Waals surface area contributed by atoms with Gasteiger partial charge in [-0.2, -0.15) is 0 Å². The van der Waals surface area contributed by atoms with Crippen LogP contribution in [0.1, 0.15) is 27.2 Å². The lowest BCUT2D eigenvalue weighted by Crippen LogP contribution is -2.36. The average Bonchev–Trinajstić information content (AvgIpc) is 2.77. The lowest BCUT2D eigenvalue weighted by atomic mass is 10.00. The van der Waals surface area contributed by atoms with Gasteiger partial charge in [0.2, 0.25) is 0 Å². The first-order chi connectivity index (χ1) is 13.7. The van der Waals surface area contributed by atoms with Crippen molar-refractivity contribution < 1.29 is 9.53 Å². The summed E-state index contributed by atoms with van der Waals surface area (Å²) >= 11 is 0. The van der Waals surface area contributed by atoms with Crippen molar-refractivity contribution in [1.82, 2.24) is 15.1 Å². The third kappa shape index (κ3) is 3.81. The van der Waals surface area contributed by atoms with Crippen LogP contribution >= 0.6 is 0 Å². The Morgan fingerprint density at radius 2 is 1.82 bits per heavy atom. The average molecular weight is 374 g/mol. The highest BCUT2D eigenvalue weighted by atomic mass is 16.5. The summed E-state index contributed by atoms with van der Waals surface area (Å²) in [4.78, 5) is 14.6. The Morgan fingerprint density at radius 1 is 1.04 bits per heavy atom. The molecular formula is C22H22N4O2. The summed E-state index contributed by atoms with van der Waals surface area (Å²) in [6.45, 7) is 1.88. The zero-order chi connectivity index (χ0) is 19.3. The highest BCUT2D eigenvalue weighted by Gasteiger charge is 2.22. The summed E-state index contributed by atoms with van der Waals surface area (Å²) in [5, 5.41) is 11.5. The van der Waals surface area contributed by atoms with Gasteiger partial charge in [-0.15, -0.1) is 10.2 Å². The first-order valence-electron chi connectivity index (χ1n) is 9.30. The molecule has 0 bridgehead atoms. The van der Waals surface area contributed by atoms with Crippen LogP contribution in [0.5, 0.6) is 5.75 Å². The van der Waals surface area contributed by atoms with Gasteiger partial charge in [0.05, 0.1) is 7.11 Å². The number of hydrogen-bond donors (Lipinski definition) is 1. The Morgan fingerprint density at radius 3 is 2.61 bits per heavy atom. The van der Waals surface area contributed by atoms with Crippen LogP contribution in [0.25, 0.3) is 0 Å². The van der Waals surface area contributed by atoms with Gasteiger partial charge in [0.1, 0.15) is 11.6 Å². The predicted octanol–water partition coefficient (Wildman–Crippen LogP) is 3.30. The van der Waals surface area contributed by atoms with Gasteiger partial charge in [0.15, 0.2) is 5.69 Å². The van der Waals surface area contributed by atoms with Gasteiger partial charge < -0.3 is 15.0 Å². The van der Waals surface area contributed by atoms with Crippen molar-refractivity contribution in [3.63, 3.8) is 0 Å². The maximum atomic E-state index is 12.8.